The van der Waals surface area contributed by atoms with Gasteiger partial charge in [0.25, 0.3) is 0 Å². The number of hydrogen-bond acceptors (Lipinski definition) is 2. The third kappa shape index (κ3) is 2.94. The van der Waals surface area contributed by atoms with Crippen LogP contribution >= 0.6 is 11.6 Å². The maximum absolute atomic E-state index is 10.7. The van der Waals surface area contributed by atoms with Crippen molar-refractivity contribution in [2.24, 2.45) is 5.41 Å². The van der Waals surface area contributed by atoms with Crippen molar-refractivity contribution in [3.8, 4) is 6.07 Å². The molecule has 0 aromatic heterocycles. The summed E-state index contributed by atoms with van der Waals surface area (Å²) >= 11 is 6.12. The first-order valence-corrected chi connectivity index (χ1v) is 7.32. The molecule has 1 fully saturated rings. The van der Waals surface area contributed by atoms with Gasteiger partial charge in [0.2, 0.25) is 0 Å². The van der Waals surface area contributed by atoms with Crippen LogP contribution in [0.1, 0.15) is 55.8 Å². The number of aliphatic hydroxyl groups is 1. The van der Waals surface area contributed by atoms with Crippen molar-refractivity contribution in [2.75, 3.05) is 0 Å². The van der Waals surface area contributed by atoms with Crippen LogP contribution in [0.15, 0.2) is 18.2 Å². The predicted molar refractivity (Wildman–Crippen MR) is 76.9 cm³/mol. The van der Waals surface area contributed by atoms with Gasteiger partial charge in [0.05, 0.1) is 17.6 Å². The largest absolute Gasteiger partial charge is 0.387 e. The van der Waals surface area contributed by atoms with Gasteiger partial charge in [-0.2, -0.15) is 5.26 Å². The summed E-state index contributed by atoms with van der Waals surface area (Å²) in [5, 5.41) is 20.9. The Morgan fingerprint density at radius 1 is 1.26 bits per heavy atom. The number of nitrogens with zero attached hydrogens (tertiary/aromatic N) is 1. The van der Waals surface area contributed by atoms with E-state index in [1.807, 2.05) is 19.1 Å². The van der Waals surface area contributed by atoms with Gasteiger partial charge in [-0.25, -0.2) is 0 Å². The van der Waals surface area contributed by atoms with E-state index in [9.17, 15) is 10.4 Å². The molecule has 3 heteroatoms. The monoisotopic (exact) mass is 277 g/mol. The van der Waals surface area contributed by atoms with E-state index >= 15 is 0 Å². The first-order valence-electron chi connectivity index (χ1n) is 6.94. The normalized spacial score (nSPS) is 20.3. The fraction of sp³-hybridized carbons (Fsp3) is 0.562. The van der Waals surface area contributed by atoms with E-state index in [1.165, 1.54) is 0 Å². The maximum Gasteiger partial charge on any atom is 0.0976 e. The van der Waals surface area contributed by atoms with Gasteiger partial charge < -0.3 is 5.11 Å². The second-order valence-corrected chi connectivity index (χ2v) is 6.00. The SMILES string of the molecule is Cc1ccc(C(O)C2(C#N)CCCCCC2)cc1Cl. The van der Waals surface area contributed by atoms with E-state index < -0.39 is 11.5 Å². The fourth-order valence-electron chi connectivity index (χ4n) is 2.90. The molecule has 0 radical (unpaired) electrons. The van der Waals surface area contributed by atoms with Gasteiger partial charge in [0.15, 0.2) is 0 Å². The van der Waals surface area contributed by atoms with Crippen LogP contribution in [0.2, 0.25) is 5.02 Å². The molecule has 19 heavy (non-hydrogen) atoms. The molecule has 0 saturated heterocycles. The van der Waals surface area contributed by atoms with Gasteiger partial charge in [0.1, 0.15) is 0 Å². The van der Waals surface area contributed by atoms with Crippen LogP contribution in [0.25, 0.3) is 0 Å². The number of rotatable bonds is 2. The van der Waals surface area contributed by atoms with E-state index in [1.54, 1.807) is 6.07 Å². The van der Waals surface area contributed by atoms with Crippen molar-refractivity contribution in [1.82, 2.24) is 0 Å². The molecule has 1 atom stereocenters. The lowest BCUT2D eigenvalue weighted by atomic mass is 9.74. The molecule has 1 aromatic carbocycles. The Balaban J connectivity index is 2.31. The summed E-state index contributed by atoms with van der Waals surface area (Å²) < 4.78 is 0. The molecule has 0 heterocycles. The van der Waals surface area contributed by atoms with E-state index in [0.29, 0.717) is 5.02 Å². The summed E-state index contributed by atoms with van der Waals surface area (Å²) in [6.45, 7) is 1.93. The summed E-state index contributed by atoms with van der Waals surface area (Å²) in [6, 6.07) is 7.98. The third-order valence-electron chi connectivity index (χ3n) is 4.25. The second-order valence-electron chi connectivity index (χ2n) is 5.59. The minimum Gasteiger partial charge on any atom is -0.387 e. The molecule has 1 aromatic rings. The van der Waals surface area contributed by atoms with Crippen LogP contribution in [0.4, 0.5) is 0 Å². The Labute approximate surface area is 120 Å². The van der Waals surface area contributed by atoms with Crippen molar-refractivity contribution in [1.29, 1.82) is 5.26 Å². The molecular formula is C16H20ClNO. The van der Waals surface area contributed by atoms with Crippen molar-refractivity contribution in [2.45, 2.75) is 51.6 Å². The van der Waals surface area contributed by atoms with Gasteiger partial charge >= 0.3 is 0 Å². The van der Waals surface area contributed by atoms with Crippen LogP contribution in [0.3, 0.4) is 0 Å². The minimum absolute atomic E-state index is 0.644. The summed E-state index contributed by atoms with van der Waals surface area (Å²) in [4.78, 5) is 0. The summed E-state index contributed by atoms with van der Waals surface area (Å²) in [5.74, 6) is 0. The van der Waals surface area contributed by atoms with Gasteiger partial charge in [-0.1, -0.05) is 49.4 Å². The standard InChI is InChI=1S/C16H20ClNO/c1-12-6-7-13(10-14(12)17)15(19)16(11-18)8-4-2-3-5-9-16/h6-7,10,15,19H,2-5,8-9H2,1H3. The molecular weight excluding hydrogens is 258 g/mol. The van der Waals surface area contributed by atoms with Crippen LogP contribution in [0.5, 0.6) is 0 Å². The van der Waals surface area contributed by atoms with Crippen molar-refractivity contribution >= 4 is 11.6 Å². The fourth-order valence-corrected chi connectivity index (χ4v) is 3.09. The topological polar surface area (TPSA) is 44.0 Å². The third-order valence-corrected chi connectivity index (χ3v) is 4.66. The average Bonchev–Trinajstić information content (AvgIpc) is 2.67. The maximum atomic E-state index is 10.7. The number of benzene rings is 1. The molecule has 1 saturated carbocycles. The van der Waals surface area contributed by atoms with Gasteiger partial charge in [-0.05, 0) is 37.0 Å². The van der Waals surface area contributed by atoms with Crippen LogP contribution < -0.4 is 0 Å². The lowest BCUT2D eigenvalue weighted by molar-refractivity contribution is 0.0516. The van der Waals surface area contributed by atoms with Crippen LogP contribution in [-0.2, 0) is 0 Å². The molecule has 0 aliphatic heterocycles. The van der Waals surface area contributed by atoms with Gasteiger partial charge in [-0.3, -0.25) is 0 Å². The van der Waals surface area contributed by atoms with E-state index in [0.717, 1.165) is 49.7 Å². The molecule has 1 aliphatic carbocycles. The quantitative estimate of drug-likeness (QED) is 0.806. The highest BCUT2D eigenvalue weighted by molar-refractivity contribution is 6.31. The molecule has 1 aliphatic rings. The van der Waals surface area contributed by atoms with Crippen molar-refractivity contribution in [3.63, 3.8) is 0 Å². The molecule has 0 bridgehead atoms. The number of aryl methyl sites for hydroxylation is 1. The van der Waals surface area contributed by atoms with Crippen LogP contribution in [-0.4, -0.2) is 5.11 Å². The lowest BCUT2D eigenvalue weighted by Crippen LogP contribution is -2.27. The summed E-state index contributed by atoms with van der Waals surface area (Å²) in [6.07, 6.45) is 5.16. The minimum atomic E-state index is -0.742. The van der Waals surface area contributed by atoms with E-state index in [4.69, 9.17) is 11.6 Å². The second kappa shape index (κ2) is 5.94. The first-order chi connectivity index (χ1) is 9.09. The molecule has 0 amide bonds. The lowest BCUT2D eigenvalue weighted by Gasteiger charge is -2.31. The molecule has 2 nitrogen and oxygen atoms in total. The molecule has 102 valence electrons. The average molecular weight is 278 g/mol. The zero-order valence-electron chi connectivity index (χ0n) is 11.3. The van der Waals surface area contributed by atoms with Crippen molar-refractivity contribution < 1.29 is 5.11 Å². The van der Waals surface area contributed by atoms with Gasteiger partial charge in [0, 0.05) is 5.02 Å². The van der Waals surface area contributed by atoms with Crippen LogP contribution in [0, 0.1) is 23.7 Å². The zero-order chi connectivity index (χ0) is 13.9. The van der Waals surface area contributed by atoms with E-state index in [2.05, 4.69) is 6.07 Å². The smallest absolute Gasteiger partial charge is 0.0976 e. The van der Waals surface area contributed by atoms with Gasteiger partial charge in [-0.15, -0.1) is 0 Å². The molecule has 1 N–H and O–H groups in total. The molecule has 1 unspecified atom stereocenters. The first kappa shape index (κ1) is 14.4. The Bertz CT molecular complexity index is 484. The molecule has 0 spiro atoms. The number of hydrogen-bond donors (Lipinski definition) is 1. The number of halogens is 1. The Morgan fingerprint density at radius 3 is 2.42 bits per heavy atom. The Kier molecular flexibility index (Phi) is 4.50. The Morgan fingerprint density at radius 2 is 1.89 bits per heavy atom. The van der Waals surface area contributed by atoms with E-state index in [-0.39, 0.29) is 0 Å². The summed E-state index contributed by atoms with van der Waals surface area (Å²) in [5.41, 5.74) is 1.11. The number of nitriles is 1. The highest BCUT2D eigenvalue weighted by Gasteiger charge is 2.39. The number of aliphatic hydroxyl groups excluding tert-OH is 1. The predicted octanol–water partition coefficient (Wildman–Crippen LogP) is 4.55. The summed E-state index contributed by atoms with van der Waals surface area (Å²) in [7, 11) is 0. The highest BCUT2D eigenvalue weighted by Crippen LogP contribution is 2.45. The highest BCUT2D eigenvalue weighted by atomic mass is 35.5. The Hall–Kier alpha value is -1.04. The van der Waals surface area contributed by atoms with Crippen molar-refractivity contribution in [3.05, 3.63) is 34.3 Å². The zero-order valence-corrected chi connectivity index (χ0v) is 12.1. The molecule has 2 rings (SSSR count).